The van der Waals surface area contributed by atoms with E-state index in [1.807, 2.05) is 23.1 Å². The maximum absolute atomic E-state index is 12.2. The second-order valence-corrected chi connectivity index (χ2v) is 5.59. The molecular weight excluding hydrogens is 328 g/mol. The molecule has 1 aromatic carbocycles. The van der Waals surface area contributed by atoms with Gasteiger partial charge in [-0.05, 0) is 25.0 Å². The highest BCUT2D eigenvalue weighted by Gasteiger charge is 2.22. The van der Waals surface area contributed by atoms with Crippen LogP contribution in [0.3, 0.4) is 0 Å². The highest BCUT2D eigenvalue weighted by molar-refractivity contribution is 9.10. The van der Waals surface area contributed by atoms with Gasteiger partial charge in [0.1, 0.15) is 0 Å². The molecule has 1 amide bonds. The number of nitrogens with zero attached hydrogens (tertiary/aromatic N) is 1. The monoisotopic (exact) mass is 346 g/mol. The van der Waals surface area contributed by atoms with Gasteiger partial charge in [-0.15, -0.1) is 12.4 Å². The summed E-state index contributed by atoms with van der Waals surface area (Å²) in [5.74, 6) is 0.264. The van der Waals surface area contributed by atoms with Crippen molar-refractivity contribution in [3.8, 4) is 0 Å². The second kappa shape index (κ2) is 7.88. The Hall–Kier alpha value is -0.580. The van der Waals surface area contributed by atoms with Crippen LogP contribution in [0, 0.1) is 0 Å². The Labute approximate surface area is 129 Å². The van der Waals surface area contributed by atoms with Gasteiger partial charge in [0.2, 0.25) is 5.91 Å². The molecule has 1 saturated heterocycles. The van der Waals surface area contributed by atoms with Crippen molar-refractivity contribution in [1.82, 2.24) is 10.2 Å². The standard InChI is InChI=1S/C14H19BrN2O.ClH/c1-11-10-16-8-9-17(11)14(18)7-6-12-4-2-3-5-13(12)15;/h2-5,11,16H,6-10H2,1H3;1H/t11-;/m1./s1. The Kier molecular flexibility index (Phi) is 6.83. The Morgan fingerprint density at radius 1 is 1.47 bits per heavy atom. The van der Waals surface area contributed by atoms with Gasteiger partial charge in [0, 0.05) is 36.6 Å². The van der Waals surface area contributed by atoms with E-state index >= 15 is 0 Å². The van der Waals surface area contributed by atoms with Crippen LogP contribution in [-0.2, 0) is 11.2 Å². The predicted molar refractivity (Wildman–Crippen MR) is 83.8 cm³/mol. The van der Waals surface area contributed by atoms with E-state index in [2.05, 4.69) is 34.2 Å². The molecule has 0 unspecified atom stereocenters. The van der Waals surface area contributed by atoms with Crippen LogP contribution in [0.5, 0.6) is 0 Å². The van der Waals surface area contributed by atoms with Crippen LogP contribution < -0.4 is 5.32 Å². The molecule has 1 fully saturated rings. The Morgan fingerprint density at radius 2 is 2.21 bits per heavy atom. The lowest BCUT2D eigenvalue weighted by atomic mass is 10.1. The Bertz CT molecular complexity index is 428. The molecule has 19 heavy (non-hydrogen) atoms. The molecule has 1 aliphatic rings. The summed E-state index contributed by atoms with van der Waals surface area (Å²) in [6.07, 6.45) is 1.39. The molecule has 0 spiro atoms. The minimum absolute atomic E-state index is 0. The fourth-order valence-corrected chi connectivity index (χ4v) is 2.78. The van der Waals surface area contributed by atoms with Crippen LogP contribution in [0.2, 0.25) is 0 Å². The van der Waals surface area contributed by atoms with Crippen LogP contribution in [0.25, 0.3) is 0 Å². The summed E-state index contributed by atoms with van der Waals surface area (Å²) >= 11 is 3.52. The minimum atomic E-state index is 0. The van der Waals surface area contributed by atoms with E-state index in [1.54, 1.807) is 0 Å². The number of aryl methyl sites for hydroxylation is 1. The largest absolute Gasteiger partial charge is 0.337 e. The van der Waals surface area contributed by atoms with Gasteiger partial charge < -0.3 is 10.2 Å². The van der Waals surface area contributed by atoms with E-state index < -0.39 is 0 Å². The van der Waals surface area contributed by atoms with Crippen molar-refractivity contribution >= 4 is 34.2 Å². The molecule has 0 aromatic heterocycles. The van der Waals surface area contributed by atoms with Gasteiger partial charge in [-0.1, -0.05) is 34.1 Å². The number of benzene rings is 1. The molecule has 1 aromatic rings. The molecule has 0 saturated carbocycles. The first-order valence-corrected chi connectivity index (χ1v) is 7.21. The first-order valence-electron chi connectivity index (χ1n) is 6.42. The number of nitrogens with one attached hydrogen (secondary N) is 1. The number of halogens is 2. The number of rotatable bonds is 3. The van der Waals surface area contributed by atoms with Crippen molar-refractivity contribution in [3.05, 3.63) is 34.3 Å². The lowest BCUT2D eigenvalue weighted by Crippen LogP contribution is -2.52. The van der Waals surface area contributed by atoms with Crippen LogP contribution in [0.4, 0.5) is 0 Å². The summed E-state index contributed by atoms with van der Waals surface area (Å²) < 4.78 is 1.09. The summed E-state index contributed by atoms with van der Waals surface area (Å²) in [6, 6.07) is 8.41. The predicted octanol–water partition coefficient (Wildman–Crippen LogP) is 2.62. The molecule has 1 N–H and O–H groups in total. The average Bonchev–Trinajstić information content (AvgIpc) is 2.38. The van der Waals surface area contributed by atoms with Gasteiger partial charge in [-0.3, -0.25) is 4.79 Å². The summed E-state index contributed by atoms with van der Waals surface area (Å²) in [7, 11) is 0. The van der Waals surface area contributed by atoms with Crippen molar-refractivity contribution in [2.45, 2.75) is 25.8 Å². The molecule has 1 aliphatic heterocycles. The highest BCUT2D eigenvalue weighted by Crippen LogP contribution is 2.18. The molecular formula is C14H20BrClN2O. The fourth-order valence-electron chi connectivity index (χ4n) is 2.30. The number of hydrogen-bond acceptors (Lipinski definition) is 2. The third-order valence-corrected chi connectivity index (χ3v) is 4.16. The minimum Gasteiger partial charge on any atom is -0.337 e. The zero-order chi connectivity index (χ0) is 13.0. The molecule has 0 aliphatic carbocycles. The molecule has 3 nitrogen and oxygen atoms in total. The Morgan fingerprint density at radius 3 is 2.89 bits per heavy atom. The lowest BCUT2D eigenvalue weighted by Gasteiger charge is -2.34. The maximum Gasteiger partial charge on any atom is 0.223 e. The highest BCUT2D eigenvalue weighted by atomic mass is 79.9. The molecule has 1 atom stereocenters. The van der Waals surface area contributed by atoms with Gasteiger partial charge >= 0.3 is 0 Å². The van der Waals surface area contributed by atoms with Gasteiger partial charge in [0.05, 0.1) is 0 Å². The van der Waals surface area contributed by atoms with E-state index in [4.69, 9.17) is 0 Å². The molecule has 1 heterocycles. The van der Waals surface area contributed by atoms with Crippen LogP contribution in [0.15, 0.2) is 28.7 Å². The number of carbonyl (C=O) groups excluding carboxylic acids is 1. The zero-order valence-corrected chi connectivity index (χ0v) is 13.5. The van der Waals surface area contributed by atoms with E-state index in [1.165, 1.54) is 5.56 Å². The first kappa shape index (κ1) is 16.5. The normalized spacial score (nSPS) is 18.8. The SMILES string of the molecule is C[C@@H]1CNCCN1C(=O)CCc1ccccc1Br.Cl. The first-order chi connectivity index (χ1) is 8.68. The van der Waals surface area contributed by atoms with Crippen molar-refractivity contribution in [3.63, 3.8) is 0 Å². The quantitative estimate of drug-likeness (QED) is 0.911. The van der Waals surface area contributed by atoms with Crippen molar-refractivity contribution in [2.75, 3.05) is 19.6 Å². The van der Waals surface area contributed by atoms with Crippen molar-refractivity contribution in [1.29, 1.82) is 0 Å². The van der Waals surface area contributed by atoms with Gasteiger partial charge in [0.15, 0.2) is 0 Å². The van der Waals surface area contributed by atoms with Crippen LogP contribution >= 0.6 is 28.3 Å². The number of carbonyl (C=O) groups is 1. The third kappa shape index (κ3) is 4.48. The smallest absolute Gasteiger partial charge is 0.223 e. The third-order valence-electron chi connectivity index (χ3n) is 3.39. The van der Waals surface area contributed by atoms with Crippen molar-refractivity contribution in [2.24, 2.45) is 0 Å². The fraction of sp³-hybridized carbons (Fsp3) is 0.500. The maximum atomic E-state index is 12.2. The van der Waals surface area contributed by atoms with E-state index in [-0.39, 0.29) is 18.3 Å². The van der Waals surface area contributed by atoms with E-state index in [0.29, 0.717) is 12.5 Å². The average molecular weight is 348 g/mol. The Balaban J connectivity index is 0.00000180. The summed E-state index contributed by atoms with van der Waals surface area (Å²) in [5, 5.41) is 3.30. The topological polar surface area (TPSA) is 32.3 Å². The molecule has 5 heteroatoms. The zero-order valence-electron chi connectivity index (χ0n) is 11.1. The van der Waals surface area contributed by atoms with E-state index in [0.717, 1.165) is 30.5 Å². The van der Waals surface area contributed by atoms with Crippen molar-refractivity contribution < 1.29 is 4.79 Å². The number of hydrogen-bond donors (Lipinski definition) is 1. The molecule has 0 bridgehead atoms. The van der Waals surface area contributed by atoms with Crippen LogP contribution in [-0.4, -0.2) is 36.5 Å². The van der Waals surface area contributed by atoms with E-state index in [9.17, 15) is 4.79 Å². The molecule has 0 radical (unpaired) electrons. The van der Waals surface area contributed by atoms with Gasteiger partial charge in [-0.25, -0.2) is 0 Å². The van der Waals surface area contributed by atoms with Crippen LogP contribution in [0.1, 0.15) is 18.9 Å². The lowest BCUT2D eigenvalue weighted by molar-refractivity contribution is -0.133. The number of amides is 1. The molecule has 2 rings (SSSR count). The second-order valence-electron chi connectivity index (χ2n) is 4.73. The summed E-state index contributed by atoms with van der Waals surface area (Å²) in [5.41, 5.74) is 1.20. The van der Waals surface area contributed by atoms with Gasteiger partial charge in [-0.2, -0.15) is 0 Å². The number of piperazine rings is 1. The molecule has 106 valence electrons. The summed E-state index contributed by atoms with van der Waals surface area (Å²) in [6.45, 7) is 4.74. The van der Waals surface area contributed by atoms with Gasteiger partial charge in [0.25, 0.3) is 0 Å². The summed E-state index contributed by atoms with van der Waals surface area (Å²) in [4.78, 5) is 14.2.